The van der Waals surface area contributed by atoms with Crippen molar-refractivity contribution in [1.29, 1.82) is 0 Å². The van der Waals surface area contributed by atoms with E-state index in [-0.39, 0.29) is 11.8 Å². The van der Waals surface area contributed by atoms with E-state index in [2.05, 4.69) is 15.0 Å². The number of nitrogens with one attached hydrogen (secondary N) is 2. The first-order valence-electron chi connectivity index (χ1n) is 5.98. The molecule has 0 atom stereocenters. The van der Waals surface area contributed by atoms with Crippen molar-refractivity contribution in [2.45, 2.75) is 6.92 Å². The Morgan fingerprint density at radius 2 is 2.15 bits per heavy atom. The van der Waals surface area contributed by atoms with Crippen LogP contribution in [0.25, 0.3) is 12.2 Å². The summed E-state index contributed by atoms with van der Waals surface area (Å²) in [6, 6.07) is 5.72. The zero-order valence-electron chi connectivity index (χ0n) is 10.6. The van der Waals surface area contributed by atoms with Gasteiger partial charge in [-0.3, -0.25) is 4.79 Å². The molecule has 0 saturated heterocycles. The van der Waals surface area contributed by atoms with Crippen LogP contribution in [0, 0.1) is 11.7 Å². The molecule has 1 aromatic carbocycles. The Morgan fingerprint density at radius 1 is 1.35 bits per heavy atom. The van der Waals surface area contributed by atoms with Crippen LogP contribution in [-0.4, -0.2) is 21.0 Å². The van der Waals surface area contributed by atoms with Crippen LogP contribution in [0.15, 0.2) is 28.8 Å². The molecule has 100 valence electrons. The van der Waals surface area contributed by atoms with Crippen molar-refractivity contribution < 1.29 is 9.90 Å². The number of nitrogens with zero attached hydrogens (tertiary/aromatic N) is 1. The monoisotopic (exact) mass is 285 g/mol. The molecule has 3 N–H and O–H groups in total. The predicted octanol–water partition coefficient (Wildman–Crippen LogP) is 1.11. The highest BCUT2D eigenvalue weighted by molar-refractivity contribution is 7.71. The maximum Gasteiger partial charge on any atom is 0.277 e. The van der Waals surface area contributed by atoms with E-state index < -0.39 is 0 Å². The second-order valence-corrected chi connectivity index (χ2v) is 4.92. The normalized spacial score (nSPS) is 15.7. The van der Waals surface area contributed by atoms with Gasteiger partial charge in [0.25, 0.3) is 5.91 Å². The van der Waals surface area contributed by atoms with Gasteiger partial charge in [-0.2, -0.15) is 0 Å². The minimum Gasteiger partial charge on any atom is -0.493 e. The minimum atomic E-state index is -0.341. The van der Waals surface area contributed by atoms with E-state index in [1.165, 1.54) is 6.08 Å². The number of para-hydroxylation sites is 1. The minimum absolute atomic E-state index is 0.0984. The maximum absolute atomic E-state index is 12.0. The molecule has 1 aliphatic rings. The number of aromatic hydroxyl groups is 1. The summed E-state index contributed by atoms with van der Waals surface area (Å²) in [7, 11) is 0. The molecule has 5 nitrogen and oxygen atoms in total. The van der Waals surface area contributed by atoms with Crippen molar-refractivity contribution in [3.8, 4) is 5.88 Å². The predicted molar refractivity (Wildman–Crippen MR) is 77.1 cm³/mol. The van der Waals surface area contributed by atoms with Gasteiger partial charge in [-0.25, -0.2) is 4.99 Å². The van der Waals surface area contributed by atoms with Crippen LogP contribution in [0.5, 0.6) is 5.88 Å². The maximum atomic E-state index is 12.0. The van der Waals surface area contributed by atoms with E-state index in [0.29, 0.717) is 21.4 Å². The van der Waals surface area contributed by atoms with Crippen LogP contribution in [0.1, 0.15) is 11.3 Å². The molecular formula is C14H11N3O2S. The lowest BCUT2D eigenvalue weighted by Gasteiger charge is -2.04. The molecule has 0 aliphatic carbocycles. The SMILES string of the molecule is Cc1cccc2c1=NC(=O)/C(=C/c1[nH]c(=S)[nH]c1O)C=2. The highest BCUT2D eigenvalue weighted by Gasteiger charge is 2.13. The Hall–Kier alpha value is -2.47. The van der Waals surface area contributed by atoms with E-state index in [4.69, 9.17) is 12.2 Å². The summed E-state index contributed by atoms with van der Waals surface area (Å²) >= 11 is 4.88. The average Bonchev–Trinajstić information content (AvgIpc) is 2.70. The zero-order chi connectivity index (χ0) is 14.3. The number of aromatic nitrogens is 2. The highest BCUT2D eigenvalue weighted by Crippen LogP contribution is 2.17. The van der Waals surface area contributed by atoms with Crippen LogP contribution in [0.3, 0.4) is 0 Å². The smallest absolute Gasteiger partial charge is 0.277 e. The number of imidazole rings is 1. The lowest BCUT2D eigenvalue weighted by atomic mass is 10.1. The van der Waals surface area contributed by atoms with E-state index in [1.807, 2.05) is 25.1 Å². The van der Waals surface area contributed by atoms with Crippen molar-refractivity contribution in [3.63, 3.8) is 0 Å². The standard InChI is InChI=1S/C14H11N3O2S/c1-7-3-2-4-8-5-9(12(18)16-11(7)8)6-10-13(19)17-14(20)15-10/h2-6,19H,1H3,(H2,15,17,20)/b9-6+. The van der Waals surface area contributed by atoms with Gasteiger partial charge in [0.1, 0.15) is 5.69 Å². The van der Waals surface area contributed by atoms with Crippen LogP contribution in [-0.2, 0) is 4.79 Å². The average molecular weight is 285 g/mol. The Balaban J connectivity index is 2.20. The van der Waals surface area contributed by atoms with E-state index in [0.717, 1.165) is 10.8 Å². The third kappa shape index (κ3) is 2.10. The second kappa shape index (κ2) is 4.57. The number of amides is 1. The van der Waals surface area contributed by atoms with Gasteiger partial charge in [0.15, 0.2) is 4.77 Å². The first kappa shape index (κ1) is 12.6. The first-order chi connectivity index (χ1) is 9.54. The van der Waals surface area contributed by atoms with Gasteiger partial charge in [-0.05, 0) is 36.9 Å². The lowest BCUT2D eigenvalue weighted by Crippen LogP contribution is -2.32. The number of aromatic amines is 2. The number of fused-ring (bicyclic) bond motifs is 1. The molecule has 20 heavy (non-hydrogen) atoms. The summed E-state index contributed by atoms with van der Waals surface area (Å²) in [6.45, 7) is 1.91. The number of rotatable bonds is 1. The number of benzene rings is 1. The Kier molecular flexibility index (Phi) is 2.87. The summed E-state index contributed by atoms with van der Waals surface area (Å²) in [5.74, 6) is -0.439. The van der Waals surface area contributed by atoms with Crippen LogP contribution in [0.4, 0.5) is 0 Å². The van der Waals surface area contributed by atoms with Gasteiger partial charge in [-0.15, -0.1) is 0 Å². The molecule has 1 aliphatic heterocycles. The van der Waals surface area contributed by atoms with Crippen LogP contribution < -0.4 is 10.6 Å². The van der Waals surface area contributed by atoms with E-state index in [1.54, 1.807) is 6.08 Å². The molecule has 0 spiro atoms. The van der Waals surface area contributed by atoms with Crippen molar-refractivity contribution in [1.82, 2.24) is 9.97 Å². The van der Waals surface area contributed by atoms with Gasteiger partial charge in [0, 0.05) is 10.8 Å². The topological polar surface area (TPSA) is 81.2 Å². The molecule has 0 saturated carbocycles. The van der Waals surface area contributed by atoms with Crippen molar-refractivity contribution in [3.05, 3.63) is 50.4 Å². The molecule has 6 heteroatoms. The fraction of sp³-hybridized carbons (Fsp3) is 0.0714. The summed E-state index contributed by atoms with van der Waals surface area (Å²) in [4.78, 5) is 21.4. The van der Waals surface area contributed by atoms with Gasteiger partial charge in [0.05, 0.1) is 5.36 Å². The summed E-state index contributed by atoms with van der Waals surface area (Å²) < 4.78 is 0.297. The third-order valence-electron chi connectivity index (χ3n) is 3.08. The molecule has 0 bridgehead atoms. The molecule has 1 amide bonds. The molecule has 0 fully saturated rings. The fourth-order valence-electron chi connectivity index (χ4n) is 2.10. The number of aryl methyl sites for hydroxylation is 1. The quantitative estimate of drug-likeness (QED) is 0.542. The van der Waals surface area contributed by atoms with Crippen LogP contribution >= 0.6 is 12.2 Å². The lowest BCUT2D eigenvalue weighted by molar-refractivity contribution is -0.114. The third-order valence-corrected chi connectivity index (χ3v) is 3.28. The first-order valence-corrected chi connectivity index (χ1v) is 6.39. The van der Waals surface area contributed by atoms with Gasteiger partial charge in [-0.1, -0.05) is 18.2 Å². The molecule has 2 heterocycles. The molecule has 3 rings (SSSR count). The second-order valence-electron chi connectivity index (χ2n) is 4.52. The number of carbonyl (C=O) groups is 1. The zero-order valence-corrected chi connectivity index (χ0v) is 11.4. The highest BCUT2D eigenvalue weighted by atomic mass is 32.1. The van der Waals surface area contributed by atoms with Gasteiger partial charge < -0.3 is 15.1 Å². The number of carbonyl (C=O) groups excluding carboxylic acids is 1. The molecule has 2 aromatic rings. The number of hydrogen-bond acceptors (Lipinski definition) is 3. The Labute approximate surface area is 119 Å². The summed E-state index contributed by atoms with van der Waals surface area (Å²) in [5.41, 5.74) is 1.71. The summed E-state index contributed by atoms with van der Waals surface area (Å²) in [5, 5.41) is 11.2. The van der Waals surface area contributed by atoms with E-state index in [9.17, 15) is 9.90 Å². The largest absolute Gasteiger partial charge is 0.493 e. The molecular weight excluding hydrogens is 274 g/mol. The number of hydrogen-bond donors (Lipinski definition) is 3. The number of H-pyrrole nitrogens is 2. The van der Waals surface area contributed by atoms with E-state index >= 15 is 0 Å². The summed E-state index contributed by atoms with van der Waals surface area (Å²) in [6.07, 6.45) is 3.28. The Bertz CT molecular complexity index is 919. The van der Waals surface area contributed by atoms with Gasteiger partial charge >= 0.3 is 0 Å². The van der Waals surface area contributed by atoms with Crippen molar-refractivity contribution >= 4 is 30.3 Å². The van der Waals surface area contributed by atoms with Crippen molar-refractivity contribution in [2.75, 3.05) is 0 Å². The Morgan fingerprint density at radius 3 is 2.85 bits per heavy atom. The fourth-order valence-corrected chi connectivity index (χ4v) is 2.30. The van der Waals surface area contributed by atoms with Crippen molar-refractivity contribution in [2.24, 2.45) is 4.99 Å². The molecule has 0 unspecified atom stereocenters. The van der Waals surface area contributed by atoms with Gasteiger partial charge in [0.2, 0.25) is 5.88 Å². The van der Waals surface area contributed by atoms with Crippen LogP contribution in [0.2, 0.25) is 0 Å². The molecule has 0 radical (unpaired) electrons. The molecule has 1 aromatic heterocycles.